The number of rotatable bonds is 5. The third-order valence-corrected chi connectivity index (χ3v) is 4.97. The number of aromatic nitrogens is 2. The molecule has 3 amide bonds. The molecule has 1 aromatic carbocycles. The monoisotopic (exact) mass is 358 g/mol. The standard InChI is InChI=1S/C17H18N4O3S/c1-3-9-21-15(23)12-6-4-5-7-13(12)19-17(21)25-11(2)14(22)20-10-8-18-16(20)24/h3-7,11H,1,8-10H2,2H3,(H,18,24)/t11-/m0/s1. The Bertz CT molecular complexity index is 908. The molecule has 2 heterocycles. The topological polar surface area (TPSA) is 84.3 Å². The van der Waals surface area contributed by atoms with Crippen molar-refractivity contribution in [3.63, 3.8) is 0 Å². The summed E-state index contributed by atoms with van der Waals surface area (Å²) in [6.07, 6.45) is 1.61. The van der Waals surface area contributed by atoms with E-state index in [4.69, 9.17) is 0 Å². The van der Waals surface area contributed by atoms with E-state index in [1.54, 1.807) is 31.2 Å². The Morgan fingerprint density at radius 2 is 2.20 bits per heavy atom. The number of nitrogens with one attached hydrogen (secondary N) is 1. The van der Waals surface area contributed by atoms with Crippen LogP contribution < -0.4 is 10.9 Å². The fourth-order valence-electron chi connectivity index (χ4n) is 2.64. The minimum atomic E-state index is -0.548. The summed E-state index contributed by atoms with van der Waals surface area (Å²) in [7, 11) is 0. The number of carbonyl (C=O) groups excluding carboxylic acids is 2. The van der Waals surface area contributed by atoms with Crippen LogP contribution in [-0.2, 0) is 11.3 Å². The van der Waals surface area contributed by atoms with E-state index in [1.165, 1.54) is 21.2 Å². The Kier molecular flexibility index (Phi) is 4.89. The summed E-state index contributed by atoms with van der Waals surface area (Å²) in [5.74, 6) is -0.299. The Labute approximate surface area is 148 Å². The summed E-state index contributed by atoms with van der Waals surface area (Å²) in [5.41, 5.74) is 0.403. The molecule has 1 aliphatic heterocycles. The third-order valence-electron chi connectivity index (χ3n) is 3.89. The number of allylic oxidation sites excluding steroid dienone is 1. The first-order chi connectivity index (χ1) is 12.0. The number of fused-ring (bicyclic) bond motifs is 1. The van der Waals surface area contributed by atoms with E-state index in [9.17, 15) is 14.4 Å². The summed E-state index contributed by atoms with van der Waals surface area (Å²) >= 11 is 1.17. The highest BCUT2D eigenvalue weighted by molar-refractivity contribution is 8.00. The van der Waals surface area contributed by atoms with Gasteiger partial charge in [0, 0.05) is 19.6 Å². The summed E-state index contributed by atoms with van der Waals surface area (Å²) < 4.78 is 1.49. The molecule has 0 unspecified atom stereocenters. The van der Waals surface area contributed by atoms with Gasteiger partial charge in [0.25, 0.3) is 5.56 Å². The molecule has 0 saturated carbocycles. The summed E-state index contributed by atoms with van der Waals surface area (Å²) in [6.45, 7) is 6.49. The second-order valence-electron chi connectivity index (χ2n) is 5.60. The molecule has 130 valence electrons. The zero-order chi connectivity index (χ0) is 18.0. The van der Waals surface area contributed by atoms with Crippen molar-refractivity contribution in [3.8, 4) is 0 Å². The highest BCUT2D eigenvalue weighted by atomic mass is 32.2. The number of carbonyl (C=O) groups is 2. The summed E-state index contributed by atoms with van der Waals surface area (Å²) in [4.78, 5) is 42.6. The lowest BCUT2D eigenvalue weighted by Gasteiger charge is -2.18. The van der Waals surface area contributed by atoms with Crippen molar-refractivity contribution in [1.82, 2.24) is 19.8 Å². The van der Waals surface area contributed by atoms with E-state index in [-0.39, 0.29) is 17.5 Å². The van der Waals surface area contributed by atoms with Gasteiger partial charge in [-0.05, 0) is 19.1 Å². The maximum atomic E-state index is 12.7. The predicted octanol–water partition coefficient (Wildman–Crippen LogP) is 1.61. The van der Waals surface area contributed by atoms with Crippen molar-refractivity contribution in [3.05, 3.63) is 47.3 Å². The first-order valence-electron chi connectivity index (χ1n) is 7.89. The number of amides is 3. The molecule has 1 N–H and O–H groups in total. The second-order valence-corrected chi connectivity index (χ2v) is 6.91. The number of urea groups is 1. The first kappa shape index (κ1) is 17.2. The maximum absolute atomic E-state index is 12.7. The van der Waals surface area contributed by atoms with Crippen molar-refractivity contribution in [2.75, 3.05) is 13.1 Å². The number of benzene rings is 1. The zero-order valence-corrected chi connectivity index (χ0v) is 14.6. The van der Waals surface area contributed by atoms with Crippen molar-refractivity contribution in [2.24, 2.45) is 0 Å². The minimum absolute atomic E-state index is 0.174. The van der Waals surface area contributed by atoms with Crippen molar-refractivity contribution in [1.29, 1.82) is 0 Å². The van der Waals surface area contributed by atoms with Gasteiger partial charge in [0.15, 0.2) is 5.16 Å². The average Bonchev–Trinajstić information content (AvgIpc) is 3.03. The number of hydrogen-bond acceptors (Lipinski definition) is 5. The molecule has 8 heteroatoms. The molecule has 1 atom stereocenters. The van der Waals surface area contributed by atoms with Gasteiger partial charge < -0.3 is 5.32 Å². The molecule has 25 heavy (non-hydrogen) atoms. The number of thioether (sulfide) groups is 1. The van der Waals surface area contributed by atoms with Crippen LogP contribution in [0.2, 0.25) is 0 Å². The highest BCUT2D eigenvalue weighted by Crippen LogP contribution is 2.24. The molecular formula is C17H18N4O3S. The molecule has 0 aliphatic carbocycles. The summed E-state index contributed by atoms with van der Waals surface area (Å²) in [5, 5.41) is 3.01. The van der Waals surface area contributed by atoms with Crippen LogP contribution in [0.4, 0.5) is 4.79 Å². The van der Waals surface area contributed by atoms with E-state index in [2.05, 4.69) is 16.9 Å². The van der Waals surface area contributed by atoms with Gasteiger partial charge in [-0.25, -0.2) is 9.78 Å². The van der Waals surface area contributed by atoms with Gasteiger partial charge in [0.2, 0.25) is 5.91 Å². The van der Waals surface area contributed by atoms with Crippen LogP contribution in [0, 0.1) is 0 Å². The molecule has 0 spiro atoms. The number of hydrogen-bond donors (Lipinski definition) is 1. The van der Waals surface area contributed by atoms with Crippen LogP contribution in [0.5, 0.6) is 0 Å². The molecular weight excluding hydrogens is 340 g/mol. The molecule has 0 radical (unpaired) electrons. The number of imide groups is 1. The Morgan fingerprint density at radius 3 is 2.88 bits per heavy atom. The molecule has 2 aromatic rings. The van der Waals surface area contributed by atoms with Crippen molar-refractivity contribution >= 4 is 34.6 Å². The molecule has 1 fully saturated rings. The Balaban J connectivity index is 1.95. The Morgan fingerprint density at radius 1 is 1.44 bits per heavy atom. The zero-order valence-electron chi connectivity index (χ0n) is 13.8. The van der Waals surface area contributed by atoms with Crippen LogP contribution >= 0.6 is 11.8 Å². The molecule has 7 nitrogen and oxygen atoms in total. The second kappa shape index (κ2) is 7.10. The minimum Gasteiger partial charge on any atom is -0.336 e. The van der Waals surface area contributed by atoms with Gasteiger partial charge in [-0.3, -0.25) is 19.1 Å². The average molecular weight is 358 g/mol. The lowest BCUT2D eigenvalue weighted by atomic mass is 10.2. The normalized spacial score (nSPS) is 15.2. The molecule has 0 bridgehead atoms. The first-order valence-corrected chi connectivity index (χ1v) is 8.77. The van der Waals surface area contributed by atoms with Crippen molar-refractivity contribution < 1.29 is 9.59 Å². The number of para-hydroxylation sites is 1. The van der Waals surface area contributed by atoms with Gasteiger partial charge in [-0.2, -0.15) is 0 Å². The highest BCUT2D eigenvalue weighted by Gasteiger charge is 2.31. The smallest absolute Gasteiger partial charge is 0.324 e. The van der Waals surface area contributed by atoms with Gasteiger partial charge in [-0.1, -0.05) is 30.0 Å². The van der Waals surface area contributed by atoms with Crippen LogP contribution in [0.25, 0.3) is 10.9 Å². The van der Waals surface area contributed by atoms with E-state index in [1.807, 2.05) is 6.07 Å². The van der Waals surface area contributed by atoms with Crippen LogP contribution in [0.3, 0.4) is 0 Å². The molecule has 3 rings (SSSR count). The molecule has 1 saturated heterocycles. The lowest BCUT2D eigenvalue weighted by Crippen LogP contribution is -2.39. The van der Waals surface area contributed by atoms with E-state index in [0.29, 0.717) is 35.7 Å². The largest absolute Gasteiger partial charge is 0.336 e. The summed E-state index contributed by atoms with van der Waals surface area (Å²) in [6, 6.07) is 6.70. The third kappa shape index (κ3) is 3.30. The van der Waals surface area contributed by atoms with Crippen LogP contribution in [-0.4, -0.2) is 44.7 Å². The fraction of sp³-hybridized carbons (Fsp3) is 0.294. The predicted molar refractivity (Wildman–Crippen MR) is 96.6 cm³/mol. The number of nitrogens with zero attached hydrogens (tertiary/aromatic N) is 3. The van der Waals surface area contributed by atoms with Gasteiger partial charge in [0.05, 0.1) is 16.2 Å². The SMILES string of the molecule is C=CCn1c(S[C@@H](C)C(=O)N2CCNC2=O)nc2ccccc2c1=O. The molecule has 1 aliphatic rings. The van der Waals surface area contributed by atoms with Gasteiger partial charge in [-0.15, -0.1) is 6.58 Å². The van der Waals surface area contributed by atoms with Gasteiger partial charge in [0.1, 0.15) is 0 Å². The van der Waals surface area contributed by atoms with E-state index >= 15 is 0 Å². The maximum Gasteiger partial charge on any atom is 0.324 e. The van der Waals surface area contributed by atoms with Crippen LogP contribution in [0.1, 0.15) is 6.92 Å². The van der Waals surface area contributed by atoms with Gasteiger partial charge >= 0.3 is 6.03 Å². The van der Waals surface area contributed by atoms with E-state index in [0.717, 1.165) is 0 Å². The Hall–Kier alpha value is -2.61. The van der Waals surface area contributed by atoms with Crippen LogP contribution in [0.15, 0.2) is 46.9 Å². The van der Waals surface area contributed by atoms with Crippen molar-refractivity contribution in [2.45, 2.75) is 23.9 Å². The fourth-order valence-corrected chi connectivity index (χ4v) is 3.62. The lowest BCUT2D eigenvalue weighted by molar-refractivity contribution is -0.126. The molecule has 1 aromatic heterocycles. The quantitative estimate of drug-likeness (QED) is 0.499. The van der Waals surface area contributed by atoms with E-state index < -0.39 is 5.25 Å².